The highest BCUT2D eigenvalue weighted by Gasteiger charge is 2.23. The fourth-order valence-corrected chi connectivity index (χ4v) is 4.95. The van der Waals surface area contributed by atoms with Crippen molar-refractivity contribution in [3.05, 3.63) is 40.6 Å². The Morgan fingerprint density at radius 2 is 1.85 bits per heavy atom. The second kappa shape index (κ2) is 12.6. The van der Waals surface area contributed by atoms with E-state index in [2.05, 4.69) is 17.2 Å². The van der Waals surface area contributed by atoms with Crippen LogP contribution >= 0.6 is 0 Å². The van der Waals surface area contributed by atoms with E-state index in [-0.39, 0.29) is 5.57 Å². The molecule has 6 heteroatoms. The summed E-state index contributed by atoms with van der Waals surface area (Å²) in [4.78, 5) is 16.0. The fourth-order valence-electron chi connectivity index (χ4n) is 4.95. The maximum Gasteiger partial charge on any atom is 0.252 e. The summed E-state index contributed by atoms with van der Waals surface area (Å²) in [5, 5.41) is 3.37. The number of carbonyl (C=O) groups is 1. The Hall–Kier alpha value is -2.76. The first-order chi connectivity index (χ1) is 16.4. The number of amides is 1. The second-order valence-corrected chi connectivity index (χ2v) is 9.73. The summed E-state index contributed by atoms with van der Waals surface area (Å²) >= 11 is 0. The van der Waals surface area contributed by atoms with Gasteiger partial charge in [0.1, 0.15) is 5.75 Å². The van der Waals surface area contributed by atoms with Crippen molar-refractivity contribution in [3.63, 3.8) is 0 Å². The molecule has 0 aromatic heterocycles. The van der Waals surface area contributed by atoms with Gasteiger partial charge >= 0.3 is 0 Å². The number of nitrogens with one attached hydrogen (secondary N) is 1. The number of fused-ring (bicyclic) bond motifs is 1. The third-order valence-electron chi connectivity index (χ3n) is 7.01. The van der Waals surface area contributed by atoms with Gasteiger partial charge in [0.05, 0.1) is 17.4 Å². The molecule has 1 heterocycles. The Morgan fingerprint density at radius 1 is 1.12 bits per heavy atom. The van der Waals surface area contributed by atoms with E-state index in [9.17, 15) is 4.79 Å². The molecule has 1 aromatic rings. The molecule has 0 radical (unpaired) electrons. The van der Waals surface area contributed by atoms with Crippen molar-refractivity contribution < 1.29 is 9.53 Å². The molecule has 34 heavy (non-hydrogen) atoms. The summed E-state index contributed by atoms with van der Waals surface area (Å²) in [6.07, 6.45) is 16.3. The van der Waals surface area contributed by atoms with Crippen molar-refractivity contribution in [2.24, 2.45) is 22.4 Å². The van der Waals surface area contributed by atoms with Crippen molar-refractivity contribution in [3.8, 4) is 5.75 Å². The van der Waals surface area contributed by atoms with Crippen molar-refractivity contribution >= 4 is 23.4 Å². The SMILES string of the molecule is CCCC1CCCCC1.CN=C(C1=Cc2ccc(OC3CCC3)cc2NC1)/C(C(N)=O)=C(\C)N. The van der Waals surface area contributed by atoms with E-state index in [1.807, 2.05) is 24.3 Å². The molecule has 2 saturated carbocycles. The molecule has 1 amide bonds. The van der Waals surface area contributed by atoms with Crippen LogP contribution in [0, 0.1) is 5.92 Å². The number of benzene rings is 1. The molecule has 0 atom stereocenters. The van der Waals surface area contributed by atoms with Gasteiger partial charge in [-0.05, 0) is 61.4 Å². The Bertz CT molecular complexity index is 931. The van der Waals surface area contributed by atoms with Crippen LogP contribution in [0.3, 0.4) is 0 Å². The summed E-state index contributed by atoms with van der Waals surface area (Å²) in [5.41, 5.74) is 15.4. The number of ether oxygens (including phenoxy) is 1. The van der Waals surface area contributed by atoms with Crippen LogP contribution in [0.1, 0.15) is 83.6 Å². The first-order valence-corrected chi connectivity index (χ1v) is 12.9. The van der Waals surface area contributed by atoms with Gasteiger partial charge in [-0.15, -0.1) is 0 Å². The molecule has 1 aliphatic heterocycles. The zero-order chi connectivity index (χ0) is 24.5. The van der Waals surface area contributed by atoms with Crippen LogP contribution in [0.4, 0.5) is 5.69 Å². The van der Waals surface area contributed by atoms with Crippen LogP contribution < -0.4 is 21.5 Å². The van der Waals surface area contributed by atoms with Crippen LogP contribution in [0.15, 0.2) is 40.0 Å². The summed E-state index contributed by atoms with van der Waals surface area (Å²) < 4.78 is 5.94. The van der Waals surface area contributed by atoms with Gasteiger partial charge in [0, 0.05) is 31.0 Å². The number of primary amides is 1. The predicted octanol–water partition coefficient (Wildman–Crippen LogP) is 5.58. The van der Waals surface area contributed by atoms with Crippen molar-refractivity contribution in [2.75, 3.05) is 18.9 Å². The maximum atomic E-state index is 11.8. The molecule has 0 bridgehead atoms. The van der Waals surface area contributed by atoms with Crippen molar-refractivity contribution in [1.29, 1.82) is 0 Å². The molecule has 0 saturated heterocycles. The molecule has 0 unspecified atom stereocenters. The van der Waals surface area contributed by atoms with Crippen LogP contribution in [-0.2, 0) is 4.79 Å². The van der Waals surface area contributed by atoms with E-state index in [0.717, 1.165) is 41.3 Å². The average Bonchev–Trinajstić information content (AvgIpc) is 2.80. The second-order valence-electron chi connectivity index (χ2n) is 9.73. The Balaban J connectivity index is 0.000000302. The number of hydrogen-bond acceptors (Lipinski definition) is 5. The quantitative estimate of drug-likeness (QED) is 0.360. The highest BCUT2D eigenvalue weighted by atomic mass is 16.5. The molecule has 3 aliphatic rings. The first-order valence-electron chi connectivity index (χ1n) is 12.9. The highest BCUT2D eigenvalue weighted by molar-refractivity contribution is 6.29. The Morgan fingerprint density at radius 3 is 2.41 bits per heavy atom. The predicted molar refractivity (Wildman–Crippen MR) is 142 cm³/mol. The number of aliphatic imine (C=N–C) groups is 1. The number of allylic oxidation sites excluding steroid dienone is 1. The van der Waals surface area contributed by atoms with Crippen molar-refractivity contribution in [1.82, 2.24) is 0 Å². The van der Waals surface area contributed by atoms with Gasteiger partial charge in [-0.1, -0.05) is 51.9 Å². The molecule has 6 nitrogen and oxygen atoms in total. The van der Waals surface area contributed by atoms with E-state index in [0.29, 0.717) is 24.1 Å². The van der Waals surface area contributed by atoms with E-state index in [4.69, 9.17) is 16.2 Å². The van der Waals surface area contributed by atoms with Gasteiger partial charge in [0.2, 0.25) is 0 Å². The molecule has 4 rings (SSSR count). The Labute approximate surface area is 204 Å². The van der Waals surface area contributed by atoms with Gasteiger partial charge in [0.25, 0.3) is 5.91 Å². The van der Waals surface area contributed by atoms with Gasteiger partial charge < -0.3 is 21.5 Å². The minimum atomic E-state index is -0.573. The van der Waals surface area contributed by atoms with Crippen LogP contribution in [0.5, 0.6) is 5.75 Å². The van der Waals surface area contributed by atoms with Gasteiger partial charge in [0.15, 0.2) is 0 Å². The first kappa shape index (κ1) is 25.9. The van der Waals surface area contributed by atoms with Crippen molar-refractivity contribution in [2.45, 2.75) is 84.2 Å². The minimum absolute atomic E-state index is 0.268. The Kier molecular flexibility index (Phi) is 9.61. The summed E-state index contributed by atoms with van der Waals surface area (Å²) in [5.74, 6) is 1.41. The van der Waals surface area contributed by atoms with Gasteiger partial charge in [-0.3, -0.25) is 9.79 Å². The summed E-state index contributed by atoms with van der Waals surface area (Å²) in [7, 11) is 1.63. The number of nitrogens with two attached hydrogens (primary N) is 2. The van der Waals surface area contributed by atoms with E-state index in [1.165, 1.54) is 51.4 Å². The van der Waals surface area contributed by atoms with E-state index < -0.39 is 5.91 Å². The molecule has 186 valence electrons. The lowest BCUT2D eigenvalue weighted by Crippen LogP contribution is -2.28. The smallest absolute Gasteiger partial charge is 0.252 e. The number of rotatable bonds is 7. The number of hydrogen-bond donors (Lipinski definition) is 3. The number of nitrogens with zero attached hydrogens (tertiary/aromatic N) is 1. The number of carbonyl (C=O) groups excluding carboxylic acids is 1. The van der Waals surface area contributed by atoms with E-state index in [1.54, 1.807) is 14.0 Å². The standard InChI is InChI=1S/C19H24N4O2.C9H18/c1-11(20)17(19(21)24)18(22-2)13-8-12-6-7-15(9-16(12)23-10-13)25-14-4-3-5-14;1-2-6-9-7-4-3-5-8-9/h6-9,14,23H,3-5,10,20H2,1-2H3,(H2,21,24);9H,2-8H2,1H3/b17-11-,22-18?;. The molecule has 5 N–H and O–H groups in total. The molecule has 0 spiro atoms. The summed E-state index contributed by atoms with van der Waals surface area (Å²) in [6, 6.07) is 5.99. The largest absolute Gasteiger partial charge is 0.490 e. The van der Waals surface area contributed by atoms with Gasteiger partial charge in [-0.2, -0.15) is 0 Å². The third kappa shape index (κ3) is 6.87. The monoisotopic (exact) mass is 466 g/mol. The molecule has 2 aliphatic carbocycles. The number of anilines is 1. The van der Waals surface area contributed by atoms with Gasteiger partial charge in [-0.25, -0.2) is 0 Å². The van der Waals surface area contributed by atoms with Crippen LogP contribution in [0.2, 0.25) is 0 Å². The minimum Gasteiger partial charge on any atom is -0.490 e. The highest BCUT2D eigenvalue weighted by Crippen LogP contribution is 2.32. The zero-order valence-corrected chi connectivity index (χ0v) is 21.2. The lowest BCUT2D eigenvalue weighted by atomic mass is 9.86. The lowest BCUT2D eigenvalue weighted by molar-refractivity contribution is -0.114. The zero-order valence-electron chi connectivity index (χ0n) is 21.2. The average molecular weight is 467 g/mol. The summed E-state index contributed by atoms with van der Waals surface area (Å²) in [6.45, 7) is 4.49. The van der Waals surface area contributed by atoms with Crippen LogP contribution in [-0.4, -0.2) is 31.3 Å². The topological polar surface area (TPSA) is 103 Å². The fraction of sp³-hybridized carbons (Fsp3) is 0.571. The maximum absolute atomic E-state index is 11.8. The van der Waals surface area contributed by atoms with Crippen LogP contribution in [0.25, 0.3) is 6.08 Å². The van der Waals surface area contributed by atoms with E-state index >= 15 is 0 Å². The molecular formula is C28H42N4O2. The normalized spacial score (nSPS) is 19.4. The third-order valence-corrected chi connectivity index (χ3v) is 7.01. The molecule has 2 fully saturated rings. The lowest BCUT2D eigenvalue weighted by Gasteiger charge is -2.27. The molecular weight excluding hydrogens is 424 g/mol. The molecule has 1 aromatic carbocycles.